The molecule has 0 aliphatic carbocycles. The van der Waals surface area contributed by atoms with E-state index in [1.165, 1.54) is 60.9 Å². The zero-order valence-electron chi connectivity index (χ0n) is 16.4. The summed E-state index contributed by atoms with van der Waals surface area (Å²) in [6.07, 6.45) is 0. The highest BCUT2D eigenvalue weighted by Gasteiger charge is 2.17. The summed E-state index contributed by atoms with van der Waals surface area (Å²) in [4.78, 5) is 0. The minimum atomic E-state index is 0.231. The first-order valence-corrected chi connectivity index (χ1v) is 11.0. The van der Waals surface area contributed by atoms with Crippen molar-refractivity contribution in [3.63, 3.8) is 0 Å². The molecule has 0 saturated carbocycles. The van der Waals surface area contributed by atoms with Gasteiger partial charge in [0, 0.05) is 13.2 Å². The van der Waals surface area contributed by atoms with E-state index in [2.05, 4.69) is 84.0 Å². The van der Waals surface area contributed by atoms with Gasteiger partial charge in [0.25, 0.3) is 0 Å². The summed E-state index contributed by atoms with van der Waals surface area (Å²) in [6.45, 7) is 13.1. The van der Waals surface area contributed by atoms with Gasteiger partial charge in [-0.15, -0.1) is 0 Å². The molecule has 0 fully saturated rings. The molecule has 134 valence electrons. The number of rotatable bonds is 3. The van der Waals surface area contributed by atoms with Crippen molar-refractivity contribution in [2.45, 2.75) is 41.5 Å². The van der Waals surface area contributed by atoms with E-state index in [4.69, 9.17) is 11.2 Å². The molecule has 1 atom stereocenters. The van der Waals surface area contributed by atoms with Crippen molar-refractivity contribution in [1.82, 2.24) is 0 Å². The second-order valence-electron chi connectivity index (χ2n) is 7.37. The number of halogens is 1. The van der Waals surface area contributed by atoms with E-state index in [9.17, 15) is 0 Å². The number of hydrogen-bond acceptors (Lipinski definition) is 0. The van der Waals surface area contributed by atoms with Crippen LogP contribution in [-0.2, 0) is 0 Å². The van der Waals surface area contributed by atoms with E-state index in [0.717, 1.165) is 0 Å². The Labute approximate surface area is 164 Å². The molecule has 0 nitrogen and oxygen atoms in total. The van der Waals surface area contributed by atoms with Crippen molar-refractivity contribution in [2.75, 3.05) is 0 Å². The van der Waals surface area contributed by atoms with Crippen molar-refractivity contribution in [3.05, 3.63) is 75.8 Å². The van der Waals surface area contributed by atoms with E-state index in [0.29, 0.717) is 0 Å². The molecule has 1 unspecified atom stereocenters. The Hall–Kier alpha value is -1.62. The van der Waals surface area contributed by atoms with Crippen LogP contribution < -0.4 is 5.30 Å². The Bertz CT molecular complexity index is 864. The molecule has 0 saturated heterocycles. The lowest BCUT2D eigenvalue weighted by Gasteiger charge is -2.20. The highest BCUT2D eigenvalue weighted by Crippen LogP contribution is 2.38. The molecule has 0 N–H and O–H groups in total. The minimum absolute atomic E-state index is 0.231. The van der Waals surface area contributed by atoms with Gasteiger partial charge in [0.1, 0.15) is 0 Å². The first kappa shape index (κ1) is 19.2. The topological polar surface area (TPSA) is 0 Å². The van der Waals surface area contributed by atoms with Crippen molar-refractivity contribution >= 4 is 24.5 Å². The molecule has 0 heterocycles. The monoisotopic (exact) mass is 380 g/mol. The molecule has 3 aromatic carbocycles. The van der Waals surface area contributed by atoms with Crippen LogP contribution in [-0.4, -0.2) is 0 Å². The average Bonchev–Trinajstić information content (AvgIpc) is 2.53. The SMILES string of the molecule is Cc1cc(C)c(-c2cccc(-c3c(C)cc(C)cc3C)c2PCl)c(C)c1. The van der Waals surface area contributed by atoms with Gasteiger partial charge in [0.15, 0.2) is 0 Å². The Morgan fingerprint density at radius 2 is 0.962 bits per heavy atom. The van der Waals surface area contributed by atoms with Crippen LogP contribution in [0.25, 0.3) is 22.3 Å². The lowest BCUT2D eigenvalue weighted by atomic mass is 9.89. The third kappa shape index (κ3) is 3.46. The molecule has 3 rings (SSSR count). The van der Waals surface area contributed by atoms with Crippen LogP contribution in [0.4, 0.5) is 0 Å². The molecule has 0 bridgehead atoms. The standard InChI is InChI=1S/C24H26ClP/c1-14-10-16(3)22(17(4)11-14)20-8-7-9-21(24(20)26-25)23-18(5)12-15(2)13-19(23)6/h7-13,26H,1-6H3. The first-order valence-electron chi connectivity index (χ1n) is 8.99. The smallest absolute Gasteiger partial charge is 0.00786 e. The van der Waals surface area contributed by atoms with Crippen molar-refractivity contribution in [3.8, 4) is 22.3 Å². The molecule has 0 spiro atoms. The highest BCUT2D eigenvalue weighted by molar-refractivity contribution is 7.75. The zero-order chi connectivity index (χ0) is 19.0. The van der Waals surface area contributed by atoms with E-state index >= 15 is 0 Å². The van der Waals surface area contributed by atoms with Gasteiger partial charge in [-0.2, -0.15) is 0 Å². The zero-order valence-corrected chi connectivity index (χ0v) is 18.2. The summed E-state index contributed by atoms with van der Waals surface area (Å²) in [6, 6.07) is 15.7. The fourth-order valence-electron chi connectivity index (χ4n) is 4.28. The normalized spacial score (nSPS) is 11.5. The number of benzene rings is 3. The second-order valence-corrected chi connectivity index (χ2v) is 8.63. The maximum absolute atomic E-state index is 6.54. The van der Waals surface area contributed by atoms with Crippen LogP contribution >= 0.6 is 19.2 Å². The highest BCUT2D eigenvalue weighted by atomic mass is 35.7. The predicted octanol–water partition coefficient (Wildman–Crippen LogP) is 7.33. The summed E-state index contributed by atoms with van der Waals surface area (Å²) in [5.74, 6) is 0. The fraction of sp³-hybridized carbons (Fsp3) is 0.250. The molecule has 0 aliphatic heterocycles. The van der Waals surface area contributed by atoms with Crippen LogP contribution in [0, 0.1) is 41.5 Å². The summed E-state index contributed by atoms with van der Waals surface area (Å²) in [7, 11) is 0.231. The Kier molecular flexibility index (Phi) is 5.56. The predicted molar refractivity (Wildman–Crippen MR) is 120 cm³/mol. The molecular formula is C24H26ClP. The molecule has 26 heavy (non-hydrogen) atoms. The van der Waals surface area contributed by atoms with Crippen LogP contribution in [0.1, 0.15) is 33.4 Å². The van der Waals surface area contributed by atoms with Crippen molar-refractivity contribution in [1.29, 1.82) is 0 Å². The lowest BCUT2D eigenvalue weighted by molar-refractivity contribution is 1.32. The molecule has 0 aliphatic rings. The van der Waals surface area contributed by atoms with Crippen LogP contribution in [0.2, 0.25) is 0 Å². The van der Waals surface area contributed by atoms with Gasteiger partial charge < -0.3 is 0 Å². The van der Waals surface area contributed by atoms with Crippen LogP contribution in [0.5, 0.6) is 0 Å². The summed E-state index contributed by atoms with van der Waals surface area (Å²) in [5, 5.41) is 1.25. The molecule has 3 aromatic rings. The summed E-state index contributed by atoms with van der Waals surface area (Å²) in [5.41, 5.74) is 13.0. The summed E-state index contributed by atoms with van der Waals surface area (Å²) >= 11 is 6.54. The van der Waals surface area contributed by atoms with Crippen LogP contribution in [0.3, 0.4) is 0 Å². The van der Waals surface area contributed by atoms with Gasteiger partial charge in [-0.3, -0.25) is 0 Å². The minimum Gasteiger partial charge on any atom is -0.0948 e. The van der Waals surface area contributed by atoms with Gasteiger partial charge in [0.2, 0.25) is 0 Å². The number of hydrogen-bond donors (Lipinski definition) is 0. The van der Waals surface area contributed by atoms with E-state index in [1.807, 2.05) is 0 Å². The Balaban J connectivity index is 2.32. The van der Waals surface area contributed by atoms with E-state index < -0.39 is 0 Å². The number of aryl methyl sites for hydroxylation is 6. The quantitative estimate of drug-likeness (QED) is 0.417. The largest absolute Gasteiger partial charge is 0.0948 e. The Morgan fingerprint density at radius 1 is 0.615 bits per heavy atom. The van der Waals surface area contributed by atoms with Gasteiger partial charge in [-0.1, -0.05) is 64.8 Å². The van der Waals surface area contributed by atoms with E-state index in [1.54, 1.807) is 0 Å². The molecule has 0 amide bonds. The third-order valence-corrected chi connectivity index (χ3v) is 6.35. The third-order valence-electron chi connectivity index (χ3n) is 5.05. The second kappa shape index (κ2) is 7.55. The average molecular weight is 381 g/mol. The van der Waals surface area contributed by atoms with E-state index in [-0.39, 0.29) is 7.93 Å². The maximum atomic E-state index is 6.54. The molecule has 0 aromatic heterocycles. The van der Waals surface area contributed by atoms with Crippen molar-refractivity contribution in [2.24, 2.45) is 0 Å². The first-order chi connectivity index (χ1) is 12.3. The maximum Gasteiger partial charge on any atom is 0.00786 e. The van der Waals surface area contributed by atoms with Crippen LogP contribution in [0.15, 0.2) is 42.5 Å². The Morgan fingerprint density at radius 3 is 1.27 bits per heavy atom. The van der Waals surface area contributed by atoms with Crippen molar-refractivity contribution < 1.29 is 0 Å². The fourth-order valence-corrected chi connectivity index (χ4v) is 5.51. The molecule has 2 heteroatoms. The lowest BCUT2D eigenvalue weighted by Crippen LogP contribution is -2.07. The molecular weight excluding hydrogens is 355 g/mol. The van der Waals surface area contributed by atoms with Gasteiger partial charge in [0.05, 0.1) is 0 Å². The van der Waals surface area contributed by atoms with Gasteiger partial charge in [-0.25, -0.2) is 0 Å². The summed E-state index contributed by atoms with van der Waals surface area (Å²) < 4.78 is 0. The molecule has 0 radical (unpaired) electrons. The van der Waals surface area contributed by atoms with Gasteiger partial charge in [-0.05, 0) is 86.1 Å². The van der Waals surface area contributed by atoms with Gasteiger partial charge >= 0.3 is 0 Å².